The van der Waals surface area contributed by atoms with Crippen LogP contribution in [-0.2, 0) is 6.54 Å². The van der Waals surface area contributed by atoms with Crippen molar-refractivity contribution in [2.24, 2.45) is 0 Å². The molecule has 0 atom stereocenters. The van der Waals surface area contributed by atoms with Gasteiger partial charge in [0.25, 0.3) is 6.20 Å². The summed E-state index contributed by atoms with van der Waals surface area (Å²) >= 11 is 5.73. The summed E-state index contributed by atoms with van der Waals surface area (Å²) < 4.78 is 0. The summed E-state index contributed by atoms with van der Waals surface area (Å²) in [4.78, 5) is 16.0. The zero-order valence-corrected chi connectivity index (χ0v) is 11.7. The van der Waals surface area contributed by atoms with Gasteiger partial charge in [0.15, 0.2) is 5.82 Å². The van der Waals surface area contributed by atoms with Gasteiger partial charge in [-0.05, 0) is 25.5 Å². The molecule has 1 aromatic rings. The van der Waals surface area contributed by atoms with Gasteiger partial charge in [0, 0.05) is 25.8 Å². The van der Waals surface area contributed by atoms with Crippen molar-refractivity contribution in [3.05, 3.63) is 51.2 Å². The van der Waals surface area contributed by atoms with E-state index in [0.717, 1.165) is 11.8 Å². The molecule has 0 unspecified atom stereocenters. The second kappa shape index (κ2) is 7.58. The highest BCUT2D eigenvalue weighted by atomic mass is 35.5. The molecule has 0 spiro atoms. The molecule has 0 fully saturated rings. The minimum absolute atomic E-state index is 0.430. The van der Waals surface area contributed by atoms with E-state index in [9.17, 15) is 10.1 Å². The zero-order chi connectivity index (χ0) is 14.3. The predicted octanol–water partition coefficient (Wildman–Crippen LogP) is 2.24. The molecule has 0 aliphatic heterocycles. The van der Waals surface area contributed by atoms with Gasteiger partial charge < -0.3 is 10.2 Å². The average Bonchev–Trinajstić information content (AvgIpc) is 2.37. The molecule has 0 bridgehead atoms. The summed E-state index contributed by atoms with van der Waals surface area (Å²) in [6, 6.07) is 3.56. The lowest BCUT2D eigenvalue weighted by Crippen LogP contribution is -2.32. The molecule has 19 heavy (non-hydrogen) atoms. The summed E-state index contributed by atoms with van der Waals surface area (Å²) in [5.74, 6) is 0.491. The van der Waals surface area contributed by atoms with E-state index in [1.807, 2.05) is 24.8 Å². The first-order valence-electron chi connectivity index (χ1n) is 6.01. The first kappa shape index (κ1) is 15.2. The molecule has 6 nitrogen and oxygen atoms in total. The normalized spacial score (nSPS) is 11.2. The number of nitro groups is 1. The molecule has 104 valence electrons. The Morgan fingerprint density at radius 2 is 2.32 bits per heavy atom. The maximum Gasteiger partial charge on any atom is 0.274 e. The number of halogens is 1. The predicted molar refractivity (Wildman–Crippen MR) is 74.1 cm³/mol. The number of rotatable bonds is 7. The van der Waals surface area contributed by atoms with Crippen LogP contribution in [0, 0.1) is 10.1 Å². The van der Waals surface area contributed by atoms with Crippen molar-refractivity contribution in [1.82, 2.24) is 15.2 Å². The lowest BCUT2D eigenvalue weighted by Gasteiger charge is -2.24. The zero-order valence-electron chi connectivity index (χ0n) is 11.0. The summed E-state index contributed by atoms with van der Waals surface area (Å²) in [6.45, 7) is 5.64. The molecule has 1 N–H and O–H groups in total. The van der Waals surface area contributed by atoms with E-state index in [1.165, 1.54) is 0 Å². The molecule has 0 radical (unpaired) electrons. The third-order valence-electron chi connectivity index (χ3n) is 2.47. The molecule has 0 saturated carbocycles. The maximum atomic E-state index is 10.6. The second-order valence-electron chi connectivity index (χ2n) is 3.83. The summed E-state index contributed by atoms with van der Waals surface area (Å²) in [5, 5.41) is 14.1. The van der Waals surface area contributed by atoms with E-state index < -0.39 is 4.92 Å². The van der Waals surface area contributed by atoms with E-state index in [4.69, 9.17) is 11.6 Å². The number of nitrogens with zero attached hydrogens (tertiary/aromatic N) is 3. The smallest absolute Gasteiger partial charge is 0.274 e. The van der Waals surface area contributed by atoms with Gasteiger partial charge in [0.05, 0.1) is 4.92 Å². The van der Waals surface area contributed by atoms with Crippen molar-refractivity contribution >= 4 is 11.6 Å². The lowest BCUT2D eigenvalue weighted by molar-refractivity contribution is -0.404. The molecular weight excluding hydrogens is 268 g/mol. The number of aromatic nitrogens is 1. The number of hydrogen-bond acceptors (Lipinski definition) is 5. The van der Waals surface area contributed by atoms with Crippen LogP contribution in [0.3, 0.4) is 0 Å². The van der Waals surface area contributed by atoms with Crippen LogP contribution in [0.5, 0.6) is 0 Å². The van der Waals surface area contributed by atoms with E-state index in [-0.39, 0.29) is 0 Å². The summed E-state index contributed by atoms with van der Waals surface area (Å²) in [5.41, 5.74) is 0.943. The van der Waals surface area contributed by atoms with Gasteiger partial charge in [0.2, 0.25) is 0 Å². The van der Waals surface area contributed by atoms with E-state index in [2.05, 4.69) is 10.3 Å². The second-order valence-corrected chi connectivity index (χ2v) is 4.22. The Morgan fingerprint density at radius 3 is 2.79 bits per heavy atom. The van der Waals surface area contributed by atoms with Gasteiger partial charge in [-0.3, -0.25) is 10.1 Å². The van der Waals surface area contributed by atoms with Crippen molar-refractivity contribution in [3.63, 3.8) is 0 Å². The van der Waals surface area contributed by atoms with E-state index in [0.29, 0.717) is 30.6 Å². The van der Waals surface area contributed by atoms with Crippen LogP contribution in [0.1, 0.15) is 19.4 Å². The van der Waals surface area contributed by atoms with Crippen molar-refractivity contribution in [2.75, 3.05) is 13.1 Å². The Bertz CT molecular complexity index is 448. The number of hydrogen-bond donors (Lipinski definition) is 1. The Kier molecular flexibility index (Phi) is 6.08. The molecule has 1 heterocycles. The van der Waals surface area contributed by atoms with Gasteiger partial charge in [-0.25, -0.2) is 4.98 Å². The van der Waals surface area contributed by atoms with Crippen molar-refractivity contribution in [3.8, 4) is 0 Å². The van der Waals surface area contributed by atoms with Gasteiger partial charge >= 0.3 is 0 Å². The van der Waals surface area contributed by atoms with Crippen LogP contribution in [-0.4, -0.2) is 27.9 Å². The topological polar surface area (TPSA) is 71.3 Å². The minimum Gasteiger partial charge on any atom is -0.367 e. The summed E-state index contributed by atoms with van der Waals surface area (Å²) in [6.07, 6.45) is 2.65. The lowest BCUT2D eigenvalue weighted by atomic mass is 10.2. The highest BCUT2D eigenvalue weighted by Gasteiger charge is 2.11. The fourth-order valence-electron chi connectivity index (χ4n) is 1.61. The third kappa shape index (κ3) is 5.13. The summed E-state index contributed by atoms with van der Waals surface area (Å²) in [7, 11) is 0. The van der Waals surface area contributed by atoms with Crippen molar-refractivity contribution in [2.45, 2.75) is 20.4 Å². The average molecular weight is 285 g/mol. The van der Waals surface area contributed by atoms with Crippen molar-refractivity contribution < 1.29 is 4.92 Å². The van der Waals surface area contributed by atoms with Gasteiger partial charge in [-0.1, -0.05) is 17.7 Å². The van der Waals surface area contributed by atoms with Gasteiger partial charge in [-0.15, -0.1) is 0 Å². The molecule has 0 aliphatic carbocycles. The van der Waals surface area contributed by atoms with Crippen LogP contribution in [0.2, 0.25) is 5.15 Å². The van der Waals surface area contributed by atoms with Crippen LogP contribution in [0.4, 0.5) is 0 Å². The Balaban J connectivity index is 2.85. The molecule has 1 aromatic heterocycles. The Labute approximate surface area is 117 Å². The van der Waals surface area contributed by atoms with Crippen LogP contribution < -0.4 is 5.32 Å². The minimum atomic E-state index is -0.458. The van der Waals surface area contributed by atoms with E-state index >= 15 is 0 Å². The first-order valence-corrected chi connectivity index (χ1v) is 6.39. The fourth-order valence-corrected chi connectivity index (χ4v) is 1.72. The van der Waals surface area contributed by atoms with Crippen LogP contribution in [0.15, 0.2) is 30.4 Å². The van der Waals surface area contributed by atoms with Crippen LogP contribution >= 0.6 is 11.6 Å². The Morgan fingerprint density at radius 1 is 1.58 bits per heavy atom. The largest absolute Gasteiger partial charge is 0.367 e. The highest BCUT2D eigenvalue weighted by Crippen LogP contribution is 2.11. The SMILES string of the molecule is CCN/C(=C\[N+](=O)[O-])N(CC)Cc1ccc(Cl)nc1. The quantitative estimate of drug-likeness (QED) is 0.472. The molecule has 0 aromatic carbocycles. The number of nitrogens with one attached hydrogen (secondary N) is 1. The van der Waals surface area contributed by atoms with E-state index in [1.54, 1.807) is 12.3 Å². The standard InChI is InChI=1S/C12H17ClN4O2/c1-3-14-12(9-17(18)19)16(4-2)8-10-5-6-11(13)15-7-10/h5-7,9,14H,3-4,8H2,1-2H3/b12-9+. The third-order valence-corrected chi connectivity index (χ3v) is 2.69. The molecule has 1 rings (SSSR count). The molecule has 0 aliphatic rings. The Hall–Kier alpha value is -1.82. The van der Waals surface area contributed by atoms with Gasteiger partial charge in [-0.2, -0.15) is 0 Å². The van der Waals surface area contributed by atoms with Gasteiger partial charge in [0.1, 0.15) is 5.15 Å². The highest BCUT2D eigenvalue weighted by molar-refractivity contribution is 6.29. The molecular formula is C12H17ClN4O2. The van der Waals surface area contributed by atoms with Crippen molar-refractivity contribution in [1.29, 1.82) is 0 Å². The molecule has 7 heteroatoms. The maximum absolute atomic E-state index is 10.6. The monoisotopic (exact) mass is 284 g/mol. The molecule has 0 amide bonds. The van der Waals surface area contributed by atoms with Crippen LogP contribution in [0.25, 0.3) is 0 Å². The fraction of sp³-hybridized carbons (Fsp3) is 0.417. The first-order chi connectivity index (χ1) is 9.06. The number of pyridine rings is 1. The molecule has 0 saturated heterocycles.